The minimum absolute atomic E-state index is 0.353. The Hall–Kier alpha value is -0.120. The molecule has 0 aromatic heterocycles. The Bertz CT molecular complexity index is 224. The number of rotatable bonds is 11. The van der Waals surface area contributed by atoms with Crippen LogP contribution in [-0.2, 0) is 14.2 Å². The summed E-state index contributed by atoms with van der Waals surface area (Å²) in [5, 5.41) is 0. The summed E-state index contributed by atoms with van der Waals surface area (Å²) in [6, 6.07) is 0. The normalized spacial score (nSPS) is 18.6. The highest BCUT2D eigenvalue weighted by molar-refractivity contribution is 4.82. The van der Waals surface area contributed by atoms with E-state index < -0.39 is 5.97 Å². The van der Waals surface area contributed by atoms with Gasteiger partial charge in [0.05, 0.1) is 0 Å². The minimum atomic E-state index is -0.847. The van der Waals surface area contributed by atoms with E-state index in [0.29, 0.717) is 11.8 Å². The van der Waals surface area contributed by atoms with Crippen LogP contribution in [0.15, 0.2) is 0 Å². The van der Waals surface area contributed by atoms with Crippen LogP contribution in [0, 0.1) is 11.8 Å². The van der Waals surface area contributed by atoms with E-state index in [2.05, 4.69) is 6.92 Å². The van der Waals surface area contributed by atoms with Gasteiger partial charge in [0, 0.05) is 27.2 Å². The second-order valence-corrected chi connectivity index (χ2v) is 6.07. The third-order valence-corrected chi connectivity index (χ3v) is 4.90. The van der Waals surface area contributed by atoms with Crippen LogP contribution < -0.4 is 0 Å². The van der Waals surface area contributed by atoms with Crippen LogP contribution in [-0.4, -0.2) is 27.3 Å². The second-order valence-electron chi connectivity index (χ2n) is 6.07. The Morgan fingerprint density at radius 3 is 1.95 bits per heavy atom. The molecule has 0 heterocycles. The zero-order valence-corrected chi connectivity index (χ0v) is 14.0. The largest absolute Gasteiger partial charge is 0.331 e. The molecule has 20 heavy (non-hydrogen) atoms. The lowest BCUT2D eigenvalue weighted by atomic mass is 9.84. The van der Waals surface area contributed by atoms with Crippen molar-refractivity contribution in [1.82, 2.24) is 0 Å². The molecule has 1 rings (SSSR count). The van der Waals surface area contributed by atoms with Gasteiger partial charge < -0.3 is 14.2 Å². The van der Waals surface area contributed by atoms with E-state index in [4.69, 9.17) is 14.2 Å². The highest BCUT2D eigenvalue weighted by Crippen LogP contribution is 2.42. The van der Waals surface area contributed by atoms with E-state index in [0.717, 1.165) is 6.42 Å². The fraction of sp³-hybridized carbons (Fsp3) is 1.00. The average molecular weight is 286 g/mol. The van der Waals surface area contributed by atoms with Crippen LogP contribution in [0.3, 0.4) is 0 Å². The third-order valence-electron chi connectivity index (χ3n) is 4.90. The number of unbranched alkanes of at least 4 members (excludes halogenated alkanes) is 4. The van der Waals surface area contributed by atoms with Crippen molar-refractivity contribution in [1.29, 1.82) is 0 Å². The molecule has 0 aliphatic heterocycles. The molecule has 0 aromatic carbocycles. The molecule has 120 valence electrons. The first kappa shape index (κ1) is 17.9. The first-order chi connectivity index (χ1) is 9.74. The van der Waals surface area contributed by atoms with Gasteiger partial charge in [0.25, 0.3) is 5.97 Å². The van der Waals surface area contributed by atoms with Crippen molar-refractivity contribution in [3.05, 3.63) is 0 Å². The standard InChI is InChI=1S/C17H34O3/c1-5-6-7-8-9-14-16(15-12-10-11-13-15)17(18-2,19-3)20-4/h15-16H,5-14H2,1-4H3. The van der Waals surface area contributed by atoms with Gasteiger partial charge >= 0.3 is 0 Å². The maximum Gasteiger partial charge on any atom is 0.285 e. The third kappa shape index (κ3) is 4.71. The molecular weight excluding hydrogens is 252 g/mol. The van der Waals surface area contributed by atoms with Crippen LogP contribution in [0.25, 0.3) is 0 Å². The van der Waals surface area contributed by atoms with E-state index in [9.17, 15) is 0 Å². The molecule has 0 radical (unpaired) electrons. The summed E-state index contributed by atoms with van der Waals surface area (Å²) < 4.78 is 16.9. The van der Waals surface area contributed by atoms with E-state index in [1.54, 1.807) is 21.3 Å². The predicted octanol–water partition coefficient (Wildman–Crippen LogP) is 4.75. The second kappa shape index (κ2) is 9.75. The quantitative estimate of drug-likeness (QED) is 0.405. The zero-order valence-electron chi connectivity index (χ0n) is 14.0. The zero-order chi connectivity index (χ0) is 14.8. The highest BCUT2D eigenvalue weighted by atomic mass is 16.9. The first-order valence-corrected chi connectivity index (χ1v) is 8.39. The summed E-state index contributed by atoms with van der Waals surface area (Å²) in [5.41, 5.74) is 0. The number of hydrogen-bond donors (Lipinski definition) is 0. The van der Waals surface area contributed by atoms with E-state index in [-0.39, 0.29) is 0 Å². The molecule has 0 aromatic rings. The molecule has 1 saturated carbocycles. The van der Waals surface area contributed by atoms with E-state index in [1.807, 2.05) is 0 Å². The minimum Gasteiger partial charge on any atom is -0.331 e. The molecule has 0 N–H and O–H groups in total. The molecule has 1 aliphatic rings. The van der Waals surface area contributed by atoms with Crippen molar-refractivity contribution in [2.75, 3.05) is 21.3 Å². The Morgan fingerprint density at radius 2 is 1.45 bits per heavy atom. The van der Waals surface area contributed by atoms with Gasteiger partial charge in [-0.05, 0) is 25.2 Å². The number of hydrogen-bond acceptors (Lipinski definition) is 3. The molecule has 1 fully saturated rings. The summed E-state index contributed by atoms with van der Waals surface area (Å²) in [6.45, 7) is 2.26. The van der Waals surface area contributed by atoms with E-state index >= 15 is 0 Å². The summed E-state index contributed by atoms with van der Waals surface area (Å²) >= 11 is 0. The van der Waals surface area contributed by atoms with Crippen molar-refractivity contribution in [3.63, 3.8) is 0 Å². The van der Waals surface area contributed by atoms with Gasteiger partial charge in [-0.25, -0.2) is 0 Å². The Labute approximate surface area is 125 Å². The molecule has 1 unspecified atom stereocenters. The van der Waals surface area contributed by atoms with Crippen molar-refractivity contribution in [2.45, 2.75) is 77.1 Å². The Morgan fingerprint density at radius 1 is 0.900 bits per heavy atom. The first-order valence-electron chi connectivity index (χ1n) is 8.39. The van der Waals surface area contributed by atoms with Gasteiger partial charge in [-0.2, -0.15) is 0 Å². The van der Waals surface area contributed by atoms with E-state index in [1.165, 1.54) is 57.8 Å². The molecule has 0 spiro atoms. The number of methoxy groups -OCH3 is 3. The fourth-order valence-corrected chi connectivity index (χ4v) is 3.73. The van der Waals surface area contributed by atoms with Crippen molar-refractivity contribution >= 4 is 0 Å². The summed E-state index contributed by atoms with van der Waals surface area (Å²) in [7, 11) is 5.10. The smallest absolute Gasteiger partial charge is 0.285 e. The molecule has 1 atom stereocenters. The van der Waals surface area contributed by atoms with Gasteiger partial charge in [0.1, 0.15) is 0 Å². The Kier molecular flexibility index (Phi) is 8.74. The van der Waals surface area contributed by atoms with Crippen LogP contribution in [0.4, 0.5) is 0 Å². The van der Waals surface area contributed by atoms with Crippen LogP contribution in [0.5, 0.6) is 0 Å². The Balaban J connectivity index is 2.59. The van der Waals surface area contributed by atoms with Gasteiger partial charge in [-0.1, -0.05) is 51.9 Å². The molecule has 0 amide bonds. The maximum absolute atomic E-state index is 5.64. The molecule has 3 heteroatoms. The molecule has 0 saturated heterocycles. The van der Waals surface area contributed by atoms with Crippen LogP contribution in [0.2, 0.25) is 0 Å². The maximum atomic E-state index is 5.64. The fourth-order valence-electron chi connectivity index (χ4n) is 3.73. The molecule has 0 bridgehead atoms. The predicted molar refractivity (Wildman–Crippen MR) is 82.6 cm³/mol. The van der Waals surface area contributed by atoms with Crippen LogP contribution in [0.1, 0.15) is 71.1 Å². The number of ether oxygens (including phenoxy) is 3. The topological polar surface area (TPSA) is 27.7 Å². The van der Waals surface area contributed by atoms with Gasteiger partial charge in [0.15, 0.2) is 0 Å². The molecular formula is C17H34O3. The van der Waals surface area contributed by atoms with Gasteiger partial charge in [0.2, 0.25) is 0 Å². The monoisotopic (exact) mass is 286 g/mol. The van der Waals surface area contributed by atoms with Crippen molar-refractivity contribution in [2.24, 2.45) is 11.8 Å². The summed E-state index contributed by atoms with van der Waals surface area (Å²) in [5.74, 6) is 0.187. The highest BCUT2D eigenvalue weighted by Gasteiger charge is 2.44. The average Bonchev–Trinajstić information content (AvgIpc) is 3.01. The summed E-state index contributed by atoms with van der Waals surface area (Å²) in [4.78, 5) is 0. The van der Waals surface area contributed by atoms with Gasteiger partial charge in [-0.15, -0.1) is 0 Å². The lowest BCUT2D eigenvalue weighted by Crippen LogP contribution is -2.46. The summed E-state index contributed by atoms with van der Waals surface area (Å²) in [6.07, 6.45) is 12.9. The SMILES string of the molecule is CCCCCCCC(C1CCCC1)C(OC)(OC)OC. The van der Waals surface area contributed by atoms with Crippen molar-refractivity contribution in [3.8, 4) is 0 Å². The van der Waals surface area contributed by atoms with Crippen LogP contribution >= 0.6 is 0 Å². The lowest BCUT2D eigenvalue weighted by Gasteiger charge is -2.39. The molecule has 1 aliphatic carbocycles. The molecule has 3 nitrogen and oxygen atoms in total. The lowest BCUT2D eigenvalue weighted by molar-refractivity contribution is -0.386. The van der Waals surface area contributed by atoms with Crippen molar-refractivity contribution < 1.29 is 14.2 Å². The van der Waals surface area contributed by atoms with Gasteiger partial charge in [-0.3, -0.25) is 0 Å².